The van der Waals surface area contributed by atoms with Crippen molar-refractivity contribution in [1.82, 2.24) is 14.4 Å². The number of carbonyl (C=O) groups is 1. The van der Waals surface area contributed by atoms with Crippen LogP contribution in [0.3, 0.4) is 0 Å². The first kappa shape index (κ1) is 19.3. The van der Waals surface area contributed by atoms with E-state index < -0.39 is 0 Å². The first-order valence-electron chi connectivity index (χ1n) is 10.2. The summed E-state index contributed by atoms with van der Waals surface area (Å²) in [7, 11) is 0. The van der Waals surface area contributed by atoms with Crippen LogP contribution in [0, 0.1) is 0 Å². The maximum absolute atomic E-state index is 12.7. The molecule has 0 radical (unpaired) electrons. The predicted molar refractivity (Wildman–Crippen MR) is 114 cm³/mol. The van der Waals surface area contributed by atoms with Crippen LogP contribution < -0.4 is 4.74 Å². The Hall–Kier alpha value is -3.05. The molecule has 5 nitrogen and oxygen atoms in total. The number of rotatable bonds is 7. The maximum atomic E-state index is 12.7. The van der Waals surface area contributed by atoms with Gasteiger partial charge in [-0.25, -0.2) is 0 Å². The van der Waals surface area contributed by atoms with Crippen molar-refractivity contribution in [3.63, 3.8) is 0 Å². The van der Waals surface area contributed by atoms with Crippen molar-refractivity contribution in [2.24, 2.45) is 0 Å². The number of hydrogen-bond donors (Lipinski definition) is 0. The van der Waals surface area contributed by atoms with Crippen molar-refractivity contribution in [1.29, 1.82) is 0 Å². The van der Waals surface area contributed by atoms with E-state index in [1.54, 1.807) is 0 Å². The van der Waals surface area contributed by atoms with Crippen molar-refractivity contribution in [2.75, 3.05) is 39.3 Å². The molecule has 0 N–H and O–H groups in total. The molecule has 1 aliphatic rings. The Morgan fingerprint density at radius 1 is 0.828 bits per heavy atom. The van der Waals surface area contributed by atoms with E-state index in [0.29, 0.717) is 13.0 Å². The minimum absolute atomic E-state index is 0.207. The summed E-state index contributed by atoms with van der Waals surface area (Å²) in [5.41, 5.74) is 2.17. The lowest BCUT2D eigenvalue weighted by molar-refractivity contribution is -0.132. The van der Waals surface area contributed by atoms with Gasteiger partial charge in [0.15, 0.2) is 0 Å². The lowest BCUT2D eigenvalue weighted by atomic mass is 10.1. The van der Waals surface area contributed by atoms with Gasteiger partial charge in [-0.05, 0) is 42.0 Å². The number of piperazine rings is 1. The third-order valence-electron chi connectivity index (χ3n) is 5.34. The van der Waals surface area contributed by atoms with Crippen molar-refractivity contribution in [2.45, 2.75) is 6.42 Å². The Labute approximate surface area is 172 Å². The highest BCUT2D eigenvalue weighted by atomic mass is 16.5. The highest BCUT2D eigenvalue weighted by molar-refractivity contribution is 5.79. The Balaban J connectivity index is 1.20. The van der Waals surface area contributed by atoms with Crippen LogP contribution in [0.5, 0.6) is 5.75 Å². The summed E-state index contributed by atoms with van der Waals surface area (Å²) in [6, 6.07) is 22.1. The summed E-state index contributed by atoms with van der Waals surface area (Å²) in [6.45, 7) is 4.92. The molecule has 5 heteroatoms. The number of nitrogens with zero attached hydrogens (tertiary/aromatic N) is 3. The fourth-order valence-corrected chi connectivity index (χ4v) is 3.61. The standard InChI is InChI=1S/C24H27N3O2/c28-24(20-21-8-10-22(11-9-21)26-12-4-5-13-26)27-16-14-25(15-17-27)18-19-29-23-6-2-1-3-7-23/h1-13H,14-20H2. The van der Waals surface area contributed by atoms with Gasteiger partial charge >= 0.3 is 0 Å². The van der Waals surface area contributed by atoms with Gasteiger partial charge in [0.05, 0.1) is 6.42 Å². The Kier molecular flexibility index (Phi) is 6.27. The van der Waals surface area contributed by atoms with Crippen LogP contribution in [-0.4, -0.2) is 59.6 Å². The average Bonchev–Trinajstić information content (AvgIpc) is 3.30. The summed E-state index contributed by atoms with van der Waals surface area (Å²) >= 11 is 0. The predicted octanol–water partition coefficient (Wildman–Crippen LogP) is 3.24. The number of ether oxygens (including phenoxy) is 1. The molecule has 1 fully saturated rings. The summed E-state index contributed by atoms with van der Waals surface area (Å²) in [4.78, 5) is 17.0. The fourth-order valence-electron chi connectivity index (χ4n) is 3.61. The van der Waals surface area contributed by atoms with Crippen LogP contribution in [0.25, 0.3) is 5.69 Å². The van der Waals surface area contributed by atoms with Gasteiger partial charge in [-0.2, -0.15) is 0 Å². The van der Waals surface area contributed by atoms with Crippen molar-refractivity contribution in [3.05, 3.63) is 84.7 Å². The first-order chi connectivity index (χ1) is 14.3. The van der Waals surface area contributed by atoms with E-state index in [0.717, 1.165) is 49.7 Å². The molecule has 1 aliphatic heterocycles. The van der Waals surface area contributed by atoms with E-state index in [4.69, 9.17) is 4.74 Å². The summed E-state index contributed by atoms with van der Waals surface area (Å²) in [5.74, 6) is 1.11. The lowest BCUT2D eigenvalue weighted by Crippen LogP contribution is -2.49. The molecule has 1 saturated heterocycles. The smallest absolute Gasteiger partial charge is 0.227 e. The fraction of sp³-hybridized carbons (Fsp3) is 0.292. The van der Waals surface area contributed by atoms with Crippen LogP contribution >= 0.6 is 0 Å². The van der Waals surface area contributed by atoms with Gasteiger partial charge in [-0.3, -0.25) is 9.69 Å². The molecule has 2 aromatic carbocycles. The van der Waals surface area contributed by atoms with E-state index in [2.05, 4.69) is 21.6 Å². The Bertz CT molecular complexity index is 884. The van der Waals surface area contributed by atoms with Gasteiger partial charge in [-0.1, -0.05) is 30.3 Å². The molecule has 0 unspecified atom stereocenters. The molecule has 4 rings (SSSR count). The number of aromatic nitrogens is 1. The molecule has 0 bridgehead atoms. The molecular formula is C24H27N3O2. The minimum Gasteiger partial charge on any atom is -0.492 e. The van der Waals surface area contributed by atoms with E-state index >= 15 is 0 Å². The van der Waals surface area contributed by atoms with Crippen LogP contribution in [0.2, 0.25) is 0 Å². The molecule has 1 amide bonds. The van der Waals surface area contributed by atoms with Crippen molar-refractivity contribution < 1.29 is 9.53 Å². The highest BCUT2D eigenvalue weighted by Gasteiger charge is 2.21. The van der Waals surface area contributed by atoms with Gasteiger partial charge in [0, 0.05) is 50.8 Å². The van der Waals surface area contributed by atoms with E-state index in [1.165, 1.54) is 0 Å². The number of carbonyl (C=O) groups excluding carboxylic acids is 1. The van der Waals surface area contributed by atoms with E-state index in [-0.39, 0.29) is 5.91 Å². The lowest BCUT2D eigenvalue weighted by Gasteiger charge is -2.34. The number of para-hydroxylation sites is 1. The zero-order chi connectivity index (χ0) is 19.9. The topological polar surface area (TPSA) is 37.7 Å². The summed E-state index contributed by atoms with van der Waals surface area (Å²) in [6.07, 6.45) is 4.50. The quantitative estimate of drug-likeness (QED) is 0.623. The molecule has 3 aromatic rings. The van der Waals surface area contributed by atoms with Crippen molar-refractivity contribution in [3.8, 4) is 11.4 Å². The number of amides is 1. The molecule has 0 saturated carbocycles. The Morgan fingerprint density at radius 3 is 2.21 bits per heavy atom. The molecule has 150 valence electrons. The average molecular weight is 389 g/mol. The molecule has 2 heterocycles. The first-order valence-corrected chi connectivity index (χ1v) is 10.2. The molecular weight excluding hydrogens is 362 g/mol. The van der Waals surface area contributed by atoms with Gasteiger partial charge in [0.25, 0.3) is 0 Å². The zero-order valence-corrected chi connectivity index (χ0v) is 16.6. The molecule has 0 atom stereocenters. The molecule has 1 aromatic heterocycles. The normalized spacial score (nSPS) is 14.7. The van der Waals surface area contributed by atoms with Crippen LogP contribution in [0.15, 0.2) is 79.1 Å². The molecule has 29 heavy (non-hydrogen) atoms. The van der Waals surface area contributed by atoms with Gasteiger partial charge in [0.1, 0.15) is 12.4 Å². The van der Waals surface area contributed by atoms with Gasteiger partial charge < -0.3 is 14.2 Å². The van der Waals surface area contributed by atoms with Crippen LogP contribution in [0.4, 0.5) is 0 Å². The maximum Gasteiger partial charge on any atom is 0.227 e. The van der Waals surface area contributed by atoms with E-state index in [1.807, 2.05) is 71.9 Å². The summed E-state index contributed by atoms with van der Waals surface area (Å²) < 4.78 is 7.84. The summed E-state index contributed by atoms with van der Waals surface area (Å²) in [5, 5.41) is 0. The number of benzene rings is 2. The molecule has 0 spiro atoms. The third kappa shape index (κ3) is 5.27. The number of hydrogen-bond acceptors (Lipinski definition) is 3. The Morgan fingerprint density at radius 2 is 1.52 bits per heavy atom. The van der Waals surface area contributed by atoms with Gasteiger partial charge in [0.2, 0.25) is 5.91 Å². The second-order valence-corrected chi connectivity index (χ2v) is 7.32. The zero-order valence-electron chi connectivity index (χ0n) is 16.6. The SMILES string of the molecule is O=C(Cc1ccc(-n2cccc2)cc1)N1CCN(CCOc2ccccc2)CC1. The minimum atomic E-state index is 0.207. The highest BCUT2D eigenvalue weighted by Crippen LogP contribution is 2.13. The third-order valence-corrected chi connectivity index (χ3v) is 5.34. The van der Waals surface area contributed by atoms with Gasteiger partial charge in [-0.15, -0.1) is 0 Å². The largest absolute Gasteiger partial charge is 0.492 e. The van der Waals surface area contributed by atoms with Crippen LogP contribution in [0.1, 0.15) is 5.56 Å². The monoisotopic (exact) mass is 389 g/mol. The van der Waals surface area contributed by atoms with Crippen LogP contribution in [-0.2, 0) is 11.2 Å². The second-order valence-electron chi connectivity index (χ2n) is 7.32. The van der Waals surface area contributed by atoms with Crippen molar-refractivity contribution >= 4 is 5.91 Å². The molecule has 0 aliphatic carbocycles. The second kappa shape index (κ2) is 9.43. The van der Waals surface area contributed by atoms with E-state index in [9.17, 15) is 4.79 Å².